The highest BCUT2D eigenvalue weighted by Gasteiger charge is 2.38. The molecule has 1 fully saturated rings. The number of nitrogens with zero attached hydrogens (tertiary/aromatic N) is 1. The van der Waals surface area contributed by atoms with Crippen LogP contribution in [-0.2, 0) is 6.54 Å². The van der Waals surface area contributed by atoms with E-state index in [2.05, 4.69) is 4.90 Å². The largest absolute Gasteiger partial charge is 0.496 e. The fraction of sp³-hybridized carbons (Fsp3) is 0.625. The van der Waals surface area contributed by atoms with Gasteiger partial charge in [0.05, 0.1) is 19.3 Å². The minimum absolute atomic E-state index is 0.0876. The lowest BCUT2D eigenvalue weighted by Gasteiger charge is -2.36. The molecule has 0 amide bonds. The molecule has 1 aromatic rings. The summed E-state index contributed by atoms with van der Waals surface area (Å²) in [7, 11) is 1.62. The summed E-state index contributed by atoms with van der Waals surface area (Å²) < 4.78 is 19.7. The summed E-state index contributed by atoms with van der Waals surface area (Å²) in [4.78, 5) is 2.29. The summed E-state index contributed by atoms with van der Waals surface area (Å²) in [6, 6.07) is 3.43. The maximum Gasteiger partial charge on any atom is 0.128 e. The summed E-state index contributed by atoms with van der Waals surface area (Å²) in [5.41, 5.74) is 7.56. The van der Waals surface area contributed by atoms with Crippen molar-refractivity contribution in [3.63, 3.8) is 0 Å². The molecule has 3 N–H and O–H groups in total. The zero-order valence-electron chi connectivity index (χ0n) is 12.4. The van der Waals surface area contributed by atoms with Gasteiger partial charge in [0.25, 0.3) is 0 Å². The van der Waals surface area contributed by atoms with Gasteiger partial charge in [0.1, 0.15) is 11.6 Å². The Kier molecular flexibility index (Phi) is 4.15. The molecule has 1 aromatic carbocycles. The third-order valence-corrected chi connectivity index (χ3v) is 4.91. The topological polar surface area (TPSA) is 58.7 Å². The maximum absolute atomic E-state index is 14.3. The molecule has 3 rings (SSSR count). The van der Waals surface area contributed by atoms with Gasteiger partial charge in [-0.15, -0.1) is 0 Å². The maximum atomic E-state index is 14.3. The van der Waals surface area contributed by atoms with Crippen LogP contribution in [0.15, 0.2) is 12.1 Å². The monoisotopic (exact) mass is 294 g/mol. The molecular formula is C16H23FN2O2. The van der Waals surface area contributed by atoms with Crippen LogP contribution < -0.4 is 10.5 Å². The summed E-state index contributed by atoms with van der Waals surface area (Å²) in [6.45, 7) is 1.08. The molecule has 0 bridgehead atoms. The number of aliphatic hydroxyl groups is 1. The minimum atomic E-state index is -0.195. The Hall–Kier alpha value is -1.17. The van der Waals surface area contributed by atoms with Gasteiger partial charge in [-0.1, -0.05) is 0 Å². The summed E-state index contributed by atoms with van der Waals surface area (Å²) in [6.07, 6.45) is 3.32. The van der Waals surface area contributed by atoms with Crippen molar-refractivity contribution in [3.05, 3.63) is 29.1 Å². The van der Waals surface area contributed by atoms with Gasteiger partial charge < -0.3 is 15.6 Å². The molecule has 4 nitrogen and oxygen atoms in total. The third-order valence-electron chi connectivity index (χ3n) is 4.91. The number of aliphatic hydroxyl groups excluding tert-OH is 1. The highest BCUT2D eigenvalue weighted by atomic mass is 19.1. The normalized spacial score (nSPS) is 29.4. The second-order valence-electron chi connectivity index (χ2n) is 6.03. The van der Waals surface area contributed by atoms with Crippen molar-refractivity contribution < 1.29 is 14.2 Å². The van der Waals surface area contributed by atoms with Crippen LogP contribution in [0, 0.1) is 5.82 Å². The van der Waals surface area contributed by atoms with Gasteiger partial charge in [0.15, 0.2) is 0 Å². The molecule has 0 spiro atoms. The van der Waals surface area contributed by atoms with Crippen molar-refractivity contribution in [1.82, 2.24) is 4.90 Å². The summed E-state index contributed by atoms with van der Waals surface area (Å²) >= 11 is 0. The van der Waals surface area contributed by atoms with Crippen LogP contribution in [0.1, 0.15) is 42.9 Å². The molecule has 0 radical (unpaired) electrons. The van der Waals surface area contributed by atoms with E-state index in [1.165, 1.54) is 6.07 Å². The van der Waals surface area contributed by atoms with E-state index >= 15 is 0 Å². The minimum Gasteiger partial charge on any atom is -0.496 e. The van der Waals surface area contributed by atoms with Crippen LogP contribution in [0.3, 0.4) is 0 Å². The number of benzene rings is 1. The van der Waals surface area contributed by atoms with Crippen LogP contribution in [0.25, 0.3) is 0 Å². The van der Waals surface area contributed by atoms with Gasteiger partial charge in [-0.05, 0) is 37.8 Å². The smallest absolute Gasteiger partial charge is 0.128 e. The molecule has 1 aliphatic carbocycles. The molecule has 116 valence electrons. The van der Waals surface area contributed by atoms with E-state index in [4.69, 9.17) is 10.5 Å². The van der Waals surface area contributed by atoms with Crippen LogP contribution in [-0.4, -0.2) is 35.8 Å². The van der Waals surface area contributed by atoms with Gasteiger partial charge in [-0.3, -0.25) is 4.90 Å². The van der Waals surface area contributed by atoms with Crippen LogP contribution in [0.4, 0.5) is 4.39 Å². The lowest BCUT2D eigenvalue weighted by molar-refractivity contribution is 0.0565. The molecular weight excluding hydrogens is 271 g/mol. The van der Waals surface area contributed by atoms with Crippen molar-refractivity contribution in [2.24, 2.45) is 5.73 Å². The molecule has 0 saturated heterocycles. The Morgan fingerprint density at radius 2 is 2.05 bits per heavy atom. The lowest BCUT2D eigenvalue weighted by atomic mass is 9.91. The van der Waals surface area contributed by atoms with E-state index in [0.29, 0.717) is 24.7 Å². The standard InChI is InChI=1S/C16H23FN2O2/c1-21-15-7-6-13(17)16-12(15)9-19(14(16)8-18)10-2-4-11(20)5-3-10/h6-7,10-11,14,20H,2-5,8-9,18H2,1H3. The molecule has 2 aliphatic rings. The van der Waals surface area contributed by atoms with Gasteiger partial charge in [-0.2, -0.15) is 0 Å². The number of hydrogen-bond acceptors (Lipinski definition) is 4. The molecule has 5 heteroatoms. The molecule has 1 heterocycles. The molecule has 1 saturated carbocycles. The van der Waals surface area contributed by atoms with Crippen molar-refractivity contribution in [3.8, 4) is 5.75 Å². The van der Waals surface area contributed by atoms with Gasteiger partial charge in [0.2, 0.25) is 0 Å². The summed E-state index contributed by atoms with van der Waals surface area (Å²) in [5, 5.41) is 9.67. The number of nitrogens with two attached hydrogens (primary N) is 1. The first-order valence-corrected chi connectivity index (χ1v) is 7.64. The van der Waals surface area contributed by atoms with Crippen molar-refractivity contribution in [1.29, 1.82) is 0 Å². The summed E-state index contributed by atoms with van der Waals surface area (Å²) in [5.74, 6) is 0.544. The van der Waals surface area contributed by atoms with Crippen molar-refractivity contribution >= 4 is 0 Å². The predicted octanol–water partition coefficient (Wildman–Crippen LogP) is 1.95. The Balaban J connectivity index is 1.90. The molecule has 0 aromatic heterocycles. The fourth-order valence-electron chi connectivity index (χ4n) is 3.82. The van der Waals surface area contributed by atoms with E-state index in [-0.39, 0.29) is 18.0 Å². The van der Waals surface area contributed by atoms with Gasteiger partial charge in [0, 0.05) is 30.3 Å². The second kappa shape index (κ2) is 5.91. The van der Waals surface area contributed by atoms with E-state index in [0.717, 1.165) is 37.0 Å². The van der Waals surface area contributed by atoms with E-state index in [9.17, 15) is 9.50 Å². The average molecular weight is 294 g/mol. The predicted molar refractivity (Wildman–Crippen MR) is 78.6 cm³/mol. The van der Waals surface area contributed by atoms with Crippen LogP contribution in [0.5, 0.6) is 5.75 Å². The Labute approximate surface area is 124 Å². The van der Waals surface area contributed by atoms with Gasteiger partial charge >= 0.3 is 0 Å². The van der Waals surface area contributed by atoms with Gasteiger partial charge in [-0.25, -0.2) is 4.39 Å². The SMILES string of the molecule is COc1ccc(F)c2c1CN(C1CCC(O)CC1)C2CN. The molecule has 1 aliphatic heterocycles. The highest BCUT2D eigenvalue weighted by molar-refractivity contribution is 5.46. The van der Waals surface area contributed by atoms with Crippen molar-refractivity contribution in [2.45, 2.75) is 50.4 Å². The Morgan fingerprint density at radius 3 is 2.67 bits per heavy atom. The number of ether oxygens (including phenoxy) is 1. The Bertz CT molecular complexity index is 515. The highest BCUT2D eigenvalue weighted by Crippen LogP contribution is 2.43. The lowest BCUT2D eigenvalue weighted by Crippen LogP contribution is -2.40. The third kappa shape index (κ3) is 2.54. The van der Waals surface area contributed by atoms with Crippen molar-refractivity contribution in [2.75, 3.05) is 13.7 Å². The first-order chi connectivity index (χ1) is 10.2. The number of hydrogen-bond donors (Lipinski definition) is 2. The van der Waals surface area contributed by atoms with Crippen LogP contribution in [0.2, 0.25) is 0 Å². The van der Waals surface area contributed by atoms with E-state index in [1.54, 1.807) is 13.2 Å². The number of fused-ring (bicyclic) bond motifs is 1. The van der Waals surface area contributed by atoms with E-state index < -0.39 is 0 Å². The van der Waals surface area contributed by atoms with E-state index in [1.807, 2.05) is 0 Å². The zero-order chi connectivity index (χ0) is 15.0. The first-order valence-electron chi connectivity index (χ1n) is 7.64. The first kappa shape index (κ1) is 14.8. The number of methoxy groups -OCH3 is 1. The average Bonchev–Trinajstić information content (AvgIpc) is 2.89. The second-order valence-corrected chi connectivity index (χ2v) is 6.03. The fourth-order valence-corrected chi connectivity index (χ4v) is 3.82. The number of halogens is 1. The molecule has 21 heavy (non-hydrogen) atoms. The molecule has 1 unspecified atom stereocenters. The quantitative estimate of drug-likeness (QED) is 0.894. The number of rotatable bonds is 3. The van der Waals surface area contributed by atoms with Crippen LogP contribution >= 0.6 is 0 Å². The Morgan fingerprint density at radius 1 is 1.33 bits per heavy atom. The molecule has 1 atom stereocenters. The zero-order valence-corrected chi connectivity index (χ0v) is 12.4.